The Morgan fingerprint density at radius 3 is 2.45 bits per heavy atom. The van der Waals surface area contributed by atoms with E-state index in [-0.39, 0.29) is 29.6 Å². The first-order chi connectivity index (χ1) is 4.93. The van der Waals surface area contributed by atoms with Gasteiger partial charge in [-0.2, -0.15) is 0 Å². The summed E-state index contributed by atoms with van der Waals surface area (Å²) in [6.07, 6.45) is 0. The predicted octanol–water partition coefficient (Wildman–Crippen LogP) is 2.23. The second-order valence-corrected chi connectivity index (χ2v) is 3.28. The topological polar surface area (TPSA) is 0 Å². The van der Waals surface area contributed by atoms with Gasteiger partial charge in [0.25, 0.3) is 0 Å². The van der Waals surface area contributed by atoms with Crippen LogP contribution in [0.15, 0.2) is 30.3 Å². The first-order valence-corrected chi connectivity index (χ1v) is 4.54. The van der Waals surface area contributed by atoms with Gasteiger partial charge in [0.2, 0.25) is 0 Å². The molecule has 0 heterocycles. The third kappa shape index (κ3) is 4.99. The van der Waals surface area contributed by atoms with Crippen molar-refractivity contribution in [2.45, 2.75) is 5.75 Å². The molecule has 0 aliphatic heterocycles. The molecule has 0 amide bonds. The van der Waals surface area contributed by atoms with Gasteiger partial charge in [-0.05, 0) is 5.56 Å². The van der Waals surface area contributed by atoms with Gasteiger partial charge in [-0.15, -0.1) is 11.8 Å². The van der Waals surface area contributed by atoms with Gasteiger partial charge in [-0.3, -0.25) is 0 Å². The van der Waals surface area contributed by atoms with E-state index in [1.54, 1.807) is 16.5 Å². The van der Waals surface area contributed by atoms with Crippen LogP contribution in [0.25, 0.3) is 0 Å². The van der Waals surface area contributed by atoms with Crippen molar-refractivity contribution in [1.29, 1.82) is 0 Å². The molecule has 1 aromatic rings. The third-order valence-electron chi connectivity index (χ3n) is 1.16. The summed E-state index contributed by atoms with van der Waals surface area (Å²) in [5, 5.41) is 0. The average molecular weight is 192 g/mol. The number of thioether (sulfide) groups is 1. The van der Waals surface area contributed by atoms with Crippen LogP contribution >= 0.6 is 24.0 Å². The van der Waals surface area contributed by atoms with Crippen molar-refractivity contribution in [3.05, 3.63) is 35.9 Å². The van der Waals surface area contributed by atoms with Gasteiger partial charge in [0.1, 0.15) is 0 Å². The molecule has 11 heavy (non-hydrogen) atoms. The molecule has 1 aromatic carbocycles. The van der Waals surface area contributed by atoms with E-state index in [0.29, 0.717) is 0 Å². The van der Waals surface area contributed by atoms with Crippen LogP contribution in [0.1, 0.15) is 5.56 Å². The molecule has 1 rings (SSSR count). The van der Waals surface area contributed by atoms with Gasteiger partial charge < -0.3 is 0 Å². The Morgan fingerprint density at radius 1 is 1.27 bits per heavy atom. The molecule has 0 aromatic heterocycles. The number of rotatable bonds is 3. The molecule has 0 fully saturated rings. The standard InChI is InChI=1S/C8H8S2.Na.H/c9-7-10-6-8-4-2-1-3-5-8;;/h1-5,7H,6H2;;. The van der Waals surface area contributed by atoms with E-state index in [1.165, 1.54) is 5.56 Å². The van der Waals surface area contributed by atoms with Crippen LogP contribution in [0.5, 0.6) is 0 Å². The molecule has 0 atom stereocenters. The van der Waals surface area contributed by atoms with Crippen LogP contribution in [0, 0.1) is 0 Å². The van der Waals surface area contributed by atoms with Crippen molar-refractivity contribution in [2.75, 3.05) is 0 Å². The van der Waals surface area contributed by atoms with Crippen molar-refractivity contribution < 1.29 is 0 Å². The second kappa shape index (κ2) is 7.32. The van der Waals surface area contributed by atoms with Gasteiger partial charge in [-0.25, -0.2) is 0 Å². The Labute approximate surface area is 99.1 Å². The monoisotopic (exact) mass is 192 g/mol. The summed E-state index contributed by atoms with van der Waals surface area (Å²) in [7, 11) is 0. The molecule has 0 aliphatic rings. The Morgan fingerprint density at radius 2 is 1.91 bits per heavy atom. The maximum absolute atomic E-state index is 4.69. The molecular formula is C8H9NaS2. The third-order valence-corrected chi connectivity index (χ3v) is 2.21. The average Bonchev–Trinajstić information content (AvgIpc) is 2.03. The van der Waals surface area contributed by atoms with E-state index in [2.05, 4.69) is 24.4 Å². The van der Waals surface area contributed by atoms with Crippen molar-refractivity contribution in [2.24, 2.45) is 0 Å². The number of thiocarbonyl (C=S) groups is 1. The van der Waals surface area contributed by atoms with Crippen LogP contribution in [0.3, 0.4) is 0 Å². The quantitative estimate of drug-likeness (QED) is 0.532. The van der Waals surface area contributed by atoms with E-state index < -0.39 is 0 Å². The van der Waals surface area contributed by atoms with E-state index >= 15 is 0 Å². The summed E-state index contributed by atoms with van der Waals surface area (Å²) in [4.78, 5) is 0. The molecule has 0 saturated carbocycles. The van der Waals surface area contributed by atoms with Gasteiger partial charge >= 0.3 is 29.6 Å². The summed E-state index contributed by atoms with van der Waals surface area (Å²) in [5.41, 5.74) is 1.33. The van der Waals surface area contributed by atoms with Gasteiger partial charge in [0, 0.05) is 10.5 Å². The van der Waals surface area contributed by atoms with E-state index in [9.17, 15) is 0 Å². The normalized spacial score (nSPS) is 8.36. The van der Waals surface area contributed by atoms with Crippen LogP contribution in [0.2, 0.25) is 0 Å². The minimum atomic E-state index is 0. The van der Waals surface area contributed by atoms with Gasteiger partial charge in [-0.1, -0.05) is 42.5 Å². The molecule has 0 bridgehead atoms. The van der Waals surface area contributed by atoms with E-state index in [0.717, 1.165) is 5.75 Å². The SMILES string of the molecule is S=CSCc1ccccc1.[NaH]. The van der Waals surface area contributed by atoms with E-state index in [1.807, 2.05) is 18.2 Å². The van der Waals surface area contributed by atoms with E-state index in [4.69, 9.17) is 0 Å². The van der Waals surface area contributed by atoms with Crippen LogP contribution in [-0.2, 0) is 5.75 Å². The van der Waals surface area contributed by atoms with Crippen molar-refractivity contribution in [3.63, 3.8) is 0 Å². The Bertz CT molecular complexity index is 199. The first kappa shape index (κ1) is 11.7. The fraction of sp³-hybridized carbons (Fsp3) is 0.125. The van der Waals surface area contributed by atoms with Crippen molar-refractivity contribution in [3.8, 4) is 0 Å². The maximum atomic E-state index is 4.69. The molecule has 3 heteroatoms. The zero-order chi connectivity index (χ0) is 7.23. The Kier molecular flexibility index (Phi) is 7.76. The molecule has 0 aliphatic carbocycles. The molecule has 0 unspecified atom stereocenters. The Hall–Kier alpha value is 0.660. The summed E-state index contributed by atoms with van der Waals surface area (Å²) in [5.74, 6) is 0.990. The summed E-state index contributed by atoms with van der Waals surface area (Å²) in [6.45, 7) is 0. The fourth-order valence-electron chi connectivity index (χ4n) is 0.704. The van der Waals surface area contributed by atoms with Crippen LogP contribution in [0.4, 0.5) is 0 Å². The van der Waals surface area contributed by atoms with Crippen LogP contribution < -0.4 is 0 Å². The zero-order valence-corrected chi connectivity index (χ0v) is 7.12. The Balaban J connectivity index is 0.000001000. The zero-order valence-electron chi connectivity index (χ0n) is 5.49. The second-order valence-electron chi connectivity index (χ2n) is 1.89. The molecule has 0 N–H and O–H groups in total. The van der Waals surface area contributed by atoms with Gasteiger partial charge in [0.15, 0.2) is 0 Å². The van der Waals surface area contributed by atoms with Crippen molar-refractivity contribution >= 4 is 58.2 Å². The van der Waals surface area contributed by atoms with Crippen LogP contribution in [-0.4, -0.2) is 34.3 Å². The van der Waals surface area contributed by atoms with Gasteiger partial charge in [0.05, 0.1) is 0 Å². The fourth-order valence-corrected chi connectivity index (χ4v) is 1.36. The first-order valence-electron chi connectivity index (χ1n) is 3.02. The molecule has 54 valence electrons. The number of benzene rings is 1. The number of hydrogen-bond donors (Lipinski definition) is 0. The van der Waals surface area contributed by atoms with Crippen molar-refractivity contribution in [1.82, 2.24) is 0 Å². The summed E-state index contributed by atoms with van der Waals surface area (Å²) in [6, 6.07) is 10.3. The molecule has 0 radical (unpaired) electrons. The molecular weight excluding hydrogens is 183 g/mol. The minimum absolute atomic E-state index is 0. The summed E-state index contributed by atoms with van der Waals surface area (Å²) < 4.78 is 1.70. The molecule has 0 spiro atoms. The molecule has 0 nitrogen and oxygen atoms in total. The predicted molar refractivity (Wildman–Crippen MR) is 58.5 cm³/mol. The summed E-state index contributed by atoms with van der Waals surface area (Å²) >= 11 is 6.34. The molecule has 0 saturated heterocycles. The number of hydrogen-bond acceptors (Lipinski definition) is 2.